The monoisotopic (exact) mass is 1590 g/mol. The van der Waals surface area contributed by atoms with Crippen molar-refractivity contribution in [2.75, 3.05) is 97.1 Å². The van der Waals surface area contributed by atoms with Gasteiger partial charge in [-0.15, -0.1) is 44.5 Å². The van der Waals surface area contributed by atoms with Crippen molar-refractivity contribution < 1.29 is 82.0 Å². The summed E-state index contributed by atoms with van der Waals surface area (Å²) in [6, 6.07) is 46.4. The zero-order valence-electron chi connectivity index (χ0n) is 62.6. The third-order valence-corrected chi connectivity index (χ3v) is 19.2. The van der Waals surface area contributed by atoms with Gasteiger partial charge in [-0.3, -0.25) is 0 Å². The van der Waals surface area contributed by atoms with Gasteiger partial charge >= 0.3 is 0 Å². The number of allylic oxidation sites excluding steroid dienone is 5. The Kier molecular flexibility index (Phi) is 30.7. The fourth-order valence-electron chi connectivity index (χ4n) is 12.1. The third-order valence-electron chi connectivity index (χ3n) is 18.4. The quantitative estimate of drug-likeness (QED) is 0.0175. The predicted octanol–water partition coefficient (Wildman–Crippen LogP) is 18.2. The number of benzene rings is 10. The summed E-state index contributed by atoms with van der Waals surface area (Å²) in [6.45, 7) is 34.8. The molecule has 7 saturated heterocycles. The van der Waals surface area contributed by atoms with E-state index in [2.05, 4.69) is 111 Å². The summed E-state index contributed by atoms with van der Waals surface area (Å²) in [6.07, 6.45) is 18.9. The van der Waals surface area contributed by atoms with Gasteiger partial charge in [0.25, 0.3) is 0 Å². The molecule has 0 aromatic heterocycles. The minimum atomic E-state index is 0.198. The van der Waals surface area contributed by atoms with Crippen molar-refractivity contribution in [3.63, 3.8) is 0 Å². The van der Waals surface area contributed by atoms with Crippen molar-refractivity contribution in [2.45, 2.75) is 81.3 Å². The van der Waals surface area contributed by atoms with Crippen molar-refractivity contribution in [1.82, 2.24) is 0 Å². The van der Waals surface area contributed by atoms with E-state index in [-0.39, 0.29) is 47.4 Å². The van der Waals surface area contributed by atoms with Gasteiger partial charge in [-0.2, -0.15) is 0 Å². The van der Waals surface area contributed by atoms with E-state index < -0.39 is 0 Å². The zero-order chi connectivity index (χ0) is 78.0. The van der Waals surface area contributed by atoms with Crippen LogP contribution >= 0.6 is 27.5 Å². The number of alkyl halides is 2. The molecule has 7 unspecified atom stereocenters. The molecule has 17 rings (SSSR count). The maximum absolute atomic E-state index is 10.1. The van der Waals surface area contributed by atoms with E-state index in [1.165, 1.54) is 11.1 Å². The van der Waals surface area contributed by atoms with Crippen LogP contribution in [0.4, 0.5) is 0 Å². The van der Waals surface area contributed by atoms with Crippen LogP contribution in [-0.4, -0.2) is 160 Å². The van der Waals surface area contributed by atoms with Crippen LogP contribution < -0.4 is 28.4 Å². The molecule has 0 spiro atoms. The van der Waals surface area contributed by atoms with Crippen LogP contribution in [-0.2, 0) is 71.7 Å². The van der Waals surface area contributed by atoms with Gasteiger partial charge in [0.05, 0.1) is 70.4 Å². The van der Waals surface area contributed by atoms with Crippen LogP contribution in [0.25, 0.3) is 53.9 Å². The number of phenolic OH excluding ortho intramolecular Hbond substituents is 4. The van der Waals surface area contributed by atoms with Crippen LogP contribution in [0.1, 0.15) is 33.4 Å². The summed E-state index contributed by atoms with van der Waals surface area (Å²) in [5.41, 5.74) is 6.25. The van der Waals surface area contributed by atoms with Crippen LogP contribution in [0.15, 0.2) is 234 Å². The Morgan fingerprint density at radius 1 is 0.315 bits per heavy atom. The van der Waals surface area contributed by atoms with E-state index in [9.17, 15) is 20.4 Å². The number of ether oxygens (including phenoxy) is 13. The number of phenols is 4. The van der Waals surface area contributed by atoms with Crippen LogP contribution in [0.2, 0.25) is 0 Å². The van der Waals surface area contributed by atoms with Gasteiger partial charge < -0.3 is 82.0 Å². The van der Waals surface area contributed by atoms with Gasteiger partial charge in [0.1, 0.15) is 122 Å². The maximum atomic E-state index is 10.1. The normalized spacial score (nSPS) is 18.5. The van der Waals surface area contributed by atoms with Crippen LogP contribution in [0.3, 0.4) is 0 Å². The van der Waals surface area contributed by atoms with E-state index in [0.717, 1.165) is 166 Å². The number of rotatable bonds is 32. The first-order valence-electron chi connectivity index (χ1n) is 37.3. The van der Waals surface area contributed by atoms with Gasteiger partial charge in [-0.05, 0) is 83.3 Å². The topological polar surface area (TPSA) is 224 Å². The van der Waals surface area contributed by atoms with Crippen molar-refractivity contribution in [2.24, 2.45) is 0 Å². The zero-order valence-corrected chi connectivity index (χ0v) is 64.9. The Morgan fingerprint density at radius 2 is 0.595 bits per heavy atom. The second-order valence-corrected chi connectivity index (χ2v) is 28.0. The Balaban J connectivity index is 0.000000137. The average molecular weight is 1590 g/mol. The minimum Gasteiger partial charge on any atom is -0.507 e. The van der Waals surface area contributed by atoms with Gasteiger partial charge in [0.15, 0.2) is 0 Å². The van der Waals surface area contributed by atoms with E-state index in [0.29, 0.717) is 98.2 Å². The molecular weight excluding hydrogens is 1490 g/mol. The molecule has 0 radical (unpaired) electrons. The largest absolute Gasteiger partial charge is 0.507 e. The average Bonchev–Trinajstić information content (AvgIpc) is 1.59. The van der Waals surface area contributed by atoms with Crippen molar-refractivity contribution in [3.05, 3.63) is 268 Å². The molecule has 111 heavy (non-hydrogen) atoms. The highest BCUT2D eigenvalue weighted by atomic mass is 79.9. The van der Waals surface area contributed by atoms with Gasteiger partial charge in [-0.25, -0.2) is 0 Å². The standard InChI is InChI=1S/C22H24O6.C22H24O4.2C16H16O2.C10H8O2.C3H5Br.C3H5ClO/c1-3-19-20(21(27-11-17-9-25-17)13(1)5-15-7-23-15)4-2-14(6-16-8-24-16)22(19)28-12-18-10-26-18;1-3-5-15-7-9-20-19(21(15)25-13-17-11-23-17)10-8-16(6-4-2)22(20)26-14-18-12-24-18;1-3-11-17-15-9-5-8-14-13(15)7-6-10-16(14)18-12-4-2;1-3-5-11-7-9-14-13(15(11)17)10-8-12(6-4-2)16(14)18;11-9-5-1-3-7-8(9)4-2-6-10(7)12;1-2-3-4;4-1-3-2-5-3/h1-4,15-18H,5-12H2;3-4,7-10,17-18H,1-2,5-6,11-14H2;3-10H,1-2,11-12H2;3-4,7-10,17-18H,1-2,5-6H2;1-6,11-12H;2H,1,3H2;3H,1-2H2. The molecule has 7 aliphatic rings. The first kappa shape index (κ1) is 82.1. The molecule has 582 valence electrons. The highest BCUT2D eigenvalue weighted by Crippen LogP contribution is 2.43. The Bertz CT molecular complexity index is 4550. The fourth-order valence-corrected chi connectivity index (χ4v) is 12.3. The number of hydrogen-bond donors (Lipinski definition) is 4. The molecule has 7 aliphatic heterocycles. The molecule has 0 saturated carbocycles. The van der Waals surface area contributed by atoms with E-state index >= 15 is 0 Å². The van der Waals surface area contributed by atoms with Crippen molar-refractivity contribution in [3.8, 4) is 57.5 Å². The molecule has 10 aromatic rings. The lowest BCUT2D eigenvalue weighted by Gasteiger charge is -2.18. The van der Waals surface area contributed by atoms with Crippen molar-refractivity contribution in [1.29, 1.82) is 0 Å². The van der Waals surface area contributed by atoms with E-state index in [1.54, 1.807) is 66.8 Å². The Labute approximate surface area is 662 Å². The van der Waals surface area contributed by atoms with Gasteiger partial charge in [0, 0.05) is 72.0 Å². The molecule has 0 aliphatic carbocycles. The molecule has 4 N–H and O–H groups in total. The van der Waals surface area contributed by atoms with Gasteiger partial charge in [-0.1, -0.05) is 193 Å². The smallest absolute Gasteiger partial charge is 0.130 e. The molecule has 10 aromatic carbocycles. The SMILES string of the molecule is C=CCBr.C=CCOc1cccc2c(OCC=C)cccc12.C=CCc1ccc2c(O)c(CC=C)ccc2c1O.C=CCc1ccc2c(OCC3CO3)c(CC=C)ccc2c1OCC1CO1.ClCC1CO1.Oc1cccc2c(O)cccc12.c1cc2c(OCC3CO3)c(CC3CO3)ccc2c(OCC2CO2)c1CC1CO1. The fraction of sp³-hybridized carbons (Fsp3) is 0.304. The van der Waals surface area contributed by atoms with E-state index in [4.69, 9.17) is 73.2 Å². The molecule has 7 atom stereocenters. The predicted molar refractivity (Wildman–Crippen MR) is 446 cm³/mol. The first-order chi connectivity index (χ1) is 54.3. The second-order valence-electron chi connectivity index (χ2n) is 27.0. The second kappa shape index (κ2) is 41.4. The van der Waals surface area contributed by atoms with Gasteiger partial charge in [0.2, 0.25) is 0 Å². The minimum absolute atomic E-state index is 0.198. The molecule has 7 fully saturated rings. The molecule has 0 amide bonds. The number of epoxide rings is 7. The molecule has 17 nitrogen and oxygen atoms in total. The van der Waals surface area contributed by atoms with E-state index in [1.807, 2.05) is 72.8 Å². The number of aromatic hydroxyl groups is 4. The molecule has 0 bridgehead atoms. The Hall–Kier alpha value is -9.83. The first-order valence-corrected chi connectivity index (χ1v) is 39.0. The number of hydrogen-bond acceptors (Lipinski definition) is 17. The summed E-state index contributed by atoms with van der Waals surface area (Å²) in [5, 5.41) is 49.0. The summed E-state index contributed by atoms with van der Waals surface area (Å²) in [7, 11) is 0. The number of fused-ring (bicyclic) bond motifs is 5. The van der Waals surface area contributed by atoms with Crippen LogP contribution in [0.5, 0.6) is 57.5 Å². The highest BCUT2D eigenvalue weighted by Gasteiger charge is 2.32. The lowest BCUT2D eigenvalue weighted by molar-refractivity contribution is 0.260. The number of halogens is 2. The van der Waals surface area contributed by atoms with Crippen molar-refractivity contribution >= 4 is 81.4 Å². The third kappa shape index (κ3) is 24.1. The Morgan fingerprint density at radius 3 is 0.883 bits per heavy atom. The lowest BCUT2D eigenvalue weighted by atomic mass is 9.97. The molecular formula is C92H98BrClO17. The highest BCUT2D eigenvalue weighted by molar-refractivity contribution is 9.09. The summed E-state index contributed by atoms with van der Waals surface area (Å²) in [5.74, 6) is 6.85. The lowest BCUT2D eigenvalue weighted by Crippen LogP contribution is -2.10. The summed E-state index contributed by atoms with van der Waals surface area (Å²) >= 11 is 8.40. The molecule has 7 heterocycles. The summed E-state index contributed by atoms with van der Waals surface area (Å²) < 4.78 is 72.9. The van der Waals surface area contributed by atoms with Crippen LogP contribution in [0, 0.1) is 0 Å². The summed E-state index contributed by atoms with van der Waals surface area (Å²) in [4.78, 5) is 0. The maximum Gasteiger partial charge on any atom is 0.130 e. The molecule has 19 heteroatoms.